The number of rotatable bonds is 42. The van der Waals surface area contributed by atoms with Crippen LogP contribution in [0.1, 0.15) is 232 Å². The van der Waals surface area contributed by atoms with Crippen molar-refractivity contribution in [2.75, 3.05) is 13.2 Å². The molecular formula is C48H95NO10. The van der Waals surface area contributed by atoms with E-state index >= 15 is 0 Å². The number of hydrogen-bond donors (Lipinski definition) is 8. The van der Waals surface area contributed by atoms with Gasteiger partial charge in [0.05, 0.1) is 25.4 Å². The second kappa shape index (κ2) is 38.8. The van der Waals surface area contributed by atoms with Crippen molar-refractivity contribution in [3.05, 3.63) is 0 Å². The Morgan fingerprint density at radius 1 is 0.525 bits per heavy atom. The molecule has 1 aliphatic heterocycles. The maximum absolute atomic E-state index is 13.0. The molecule has 0 radical (unpaired) electrons. The molecule has 1 heterocycles. The third-order valence-electron chi connectivity index (χ3n) is 12.4. The molecular weight excluding hydrogens is 751 g/mol. The summed E-state index contributed by atoms with van der Waals surface area (Å²) in [6, 6.07) is -1.16. The van der Waals surface area contributed by atoms with E-state index in [0.29, 0.717) is 19.3 Å². The van der Waals surface area contributed by atoms with Crippen LogP contribution in [0.3, 0.4) is 0 Å². The maximum Gasteiger partial charge on any atom is 0.249 e. The van der Waals surface area contributed by atoms with Gasteiger partial charge in [0.2, 0.25) is 5.91 Å². The first-order valence-electron chi connectivity index (χ1n) is 24.9. The van der Waals surface area contributed by atoms with E-state index in [1.807, 2.05) is 0 Å². The van der Waals surface area contributed by atoms with Gasteiger partial charge in [-0.15, -0.1) is 0 Å². The van der Waals surface area contributed by atoms with Gasteiger partial charge >= 0.3 is 0 Å². The molecule has 0 bridgehead atoms. The third kappa shape index (κ3) is 28.4. The largest absolute Gasteiger partial charge is 0.394 e. The van der Waals surface area contributed by atoms with Gasteiger partial charge in [-0.3, -0.25) is 4.79 Å². The van der Waals surface area contributed by atoms with Crippen molar-refractivity contribution >= 4 is 5.91 Å². The van der Waals surface area contributed by atoms with Crippen molar-refractivity contribution in [2.24, 2.45) is 0 Å². The lowest BCUT2D eigenvalue weighted by Crippen LogP contribution is -2.60. The van der Waals surface area contributed by atoms with Gasteiger partial charge in [-0.05, 0) is 12.8 Å². The molecule has 1 fully saturated rings. The summed E-state index contributed by atoms with van der Waals surface area (Å²) < 4.78 is 11.1. The van der Waals surface area contributed by atoms with E-state index in [2.05, 4.69) is 19.2 Å². The lowest BCUT2D eigenvalue weighted by molar-refractivity contribution is -0.303. The molecule has 11 heteroatoms. The van der Waals surface area contributed by atoms with Gasteiger partial charge in [0.15, 0.2) is 6.29 Å². The van der Waals surface area contributed by atoms with E-state index in [1.54, 1.807) is 0 Å². The SMILES string of the molecule is CCCCCCCCCCCCCCCCCCCCCCCCCCC(O)C(O)C(COC1OC(CO)C(O)C(O)C1O)NC(=O)C(O)CCCCCCCCCC. The Kier molecular flexibility index (Phi) is 36.9. The predicted octanol–water partition coefficient (Wildman–Crippen LogP) is 8.67. The summed E-state index contributed by atoms with van der Waals surface area (Å²) in [6.45, 7) is 3.42. The first kappa shape index (κ1) is 56.1. The van der Waals surface area contributed by atoms with Crippen molar-refractivity contribution in [3.63, 3.8) is 0 Å². The zero-order valence-electron chi connectivity index (χ0n) is 38.0. The van der Waals surface area contributed by atoms with Crippen LogP contribution >= 0.6 is 0 Å². The second-order valence-electron chi connectivity index (χ2n) is 17.9. The molecule has 0 aromatic heterocycles. The van der Waals surface area contributed by atoms with E-state index in [4.69, 9.17) is 9.47 Å². The average Bonchev–Trinajstić information content (AvgIpc) is 3.23. The van der Waals surface area contributed by atoms with E-state index in [9.17, 15) is 40.5 Å². The minimum atomic E-state index is -1.66. The molecule has 0 aromatic carbocycles. The number of ether oxygens (including phenoxy) is 2. The standard InChI is InChI=1S/C48H95NO10/c1-3-5-7-9-11-13-14-15-16-17-18-19-20-21-22-23-24-25-26-27-28-30-31-33-35-40(51)43(53)39(38-58-48-46(56)45(55)44(54)42(37-50)59-48)49-47(57)41(52)36-34-32-29-12-10-8-6-4-2/h39-46,48,50-56H,3-38H2,1-2H3,(H,49,57). The minimum absolute atomic E-state index is 0.263. The topological polar surface area (TPSA) is 189 Å². The highest BCUT2D eigenvalue weighted by atomic mass is 16.7. The lowest BCUT2D eigenvalue weighted by Gasteiger charge is -2.40. The van der Waals surface area contributed by atoms with Gasteiger partial charge < -0.3 is 50.5 Å². The fraction of sp³-hybridized carbons (Fsp3) is 0.979. The zero-order valence-corrected chi connectivity index (χ0v) is 38.0. The van der Waals surface area contributed by atoms with Crippen LogP contribution in [0, 0.1) is 0 Å². The quantitative estimate of drug-likeness (QED) is 0.0276. The first-order chi connectivity index (χ1) is 28.7. The zero-order chi connectivity index (χ0) is 43.4. The van der Waals surface area contributed by atoms with Gasteiger partial charge in [-0.1, -0.05) is 219 Å². The Bertz CT molecular complexity index is 928. The Morgan fingerprint density at radius 2 is 0.881 bits per heavy atom. The average molecular weight is 846 g/mol. The molecule has 9 atom stereocenters. The molecule has 1 aliphatic rings. The van der Waals surface area contributed by atoms with Gasteiger partial charge in [0, 0.05) is 0 Å². The molecule has 11 nitrogen and oxygen atoms in total. The molecule has 1 rings (SSSR count). The highest BCUT2D eigenvalue weighted by molar-refractivity contribution is 5.80. The number of unbranched alkanes of at least 4 members (excludes halogenated alkanes) is 30. The molecule has 9 unspecified atom stereocenters. The van der Waals surface area contributed by atoms with Gasteiger partial charge in [-0.2, -0.15) is 0 Å². The monoisotopic (exact) mass is 846 g/mol. The van der Waals surface area contributed by atoms with Crippen LogP contribution in [0.2, 0.25) is 0 Å². The van der Waals surface area contributed by atoms with E-state index in [0.717, 1.165) is 38.5 Å². The Morgan fingerprint density at radius 3 is 1.25 bits per heavy atom. The van der Waals surface area contributed by atoms with Crippen LogP contribution in [0.5, 0.6) is 0 Å². The summed E-state index contributed by atoms with van der Waals surface area (Å²) in [4.78, 5) is 13.0. The third-order valence-corrected chi connectivity index (χ3v) is 12.4. The molecule has 8 N–H and O–H groups in total. The van der Waals surface area contributed by atoms with Crippen molar-refractivity contribution in [1.29, 1.82) is 0 Å². The minimum Gasteiger partial charge on any atom is -0.394 e. The molecule has 0 spiro atoms. The Balaban J connectivity index is 2.28. The molecule has 0 saturated carbocycles. The number of amides is 1. The fourth-order valence-corrected chi connectivity index (χ4v) is 8.27. The highest BCUT2D eigenvalue weighted by Gasteiger charge is 2.44. The number of aliphatic hydroxyl groups is 7. The summed E-state index contributed by atoms with van der Waals surface area (Å²) in [5.41, 5.74) is 0. The summed E-state index contributed by atoms with van der Waals surface area (Å²) in [5, 5.41) is 75.5. The molecule has 0 aromatic rings. The number of hydrogen-bond acceptors (Lipinski definition) is 10. The molecule has 1 saturated heterocycles. The number of aliphatic hydroxyl groups excluding tert-OH is 7. The van der Waals surface area contributed by atoms with Crippen LogP contribution in [0.25, 0.3) is 0 Å². The molecule has 352 valence electrons. The van der Waals surface area contributed by atoms with Crippen LogP contribution in [0.4, 0.5) is 0 Å². The van der Waals surface area contributed by atoms with E-state index < -0.39 is 74.2 Å². The van der Waals surface area contributed by atoms with Crippen molar-refractivity contribution in [2.45, 2.75) is 287 Å². The second-order valence-corrected chi connectivity index (χ2v) is 17.9. The Labute approximate surface area is 360 Å². The molecule has 0 aliphatic carbocycles. The fourth-order valence-electron chi connectivity index (χ4n) is 8.27. The van der Waals surface area contributed by atoms with E-state index in [1.165, 1.54) is 154 Å². The van der Waals surface area contributed by atoms with Crippen molar-refractivity contribution in [1.82, 2.24) is 5.32 Å². The van der Waals surface area contributed by atoms with Crippen LogP contribution in [0.15, 0.2) is 0 Å². The lowest BCUT2D eigenvalue weighted by atomic mass is 9.98. The highest BCUT2D eigenvalue weighted by Crippen LogP contribution is 2.23. The smallest absolute Gasteiger partial charge is 0.249 e. The number of nitrogens with one attached hydrogen (secondary N) is 1. The molecule has 1 amide bonds. The maximum atomic E-state index is 13.0. The Hall–Kier alpha value is -0.890. The summed E-state index contributed by atoms with van der Waals surface area (Å²) in [6.07, 6.45) is 29.0. The first-order valence-corrected chi connectivity index (χ1v) is 24.9. The van der Waals surface area contributed by atoms with Crippen LogP contribution < -0.4 is 5.32 Å². The number of carbonyl (C=O) groups is 1. The van der Waals surface area contributed by atoms with Gasteiger partial charge in [-0.25, -0.2) is 0 Å². The van der Waals surface area contributed by atoms with Crippen molar-refractivity contribution in [3.8, 4) is 0 Å². The van der Waals surface area contributed by atoms with Gasteiger partial charge in [0.25, 0.3) is 0 Å². The normalized spacial score (nSPS) is 21.7. The molecule has 59 heavy (non-hydrogen) atoms. The summed E-state index contributed by atoms with van der Waals surface area (Å²) >= 11 is 0. The predicted molar refractivity (Wildman–Crippen MR) is 238 cm³/mol. The van der Waals surface area contributed by atoms with Crippen molar-refractivity contribution < 1.29 is 50.0 Å². The van der Waals surface area contributed by atoms with Crippen LogP contribution in [-0.4, -0.2) is 110 Å². The van der Waals surface area contributed by atoms with Gasteiger partial charge in [0.1, 0.15) is 36.6 Å². The number of carbonyl (C=O) groups excluding carboxylic acids is 1. The summed E-state index contributed by atoms with van der Waals surface area (Å²) in [7, 11) is 0. The van der Waals surface area contributed by atoms with Crippen LogP contribution in [-0.2, 0) is 14.3 Å². The summed E-state index contributed by atoms with van der Waals surface area (Å²) in [5.74, 6) is -0.698. The van der Waals surface area contributed by atoms with E-state index in [-0.39, 0.29) is 6.42 Å².